The molecule has 1 heterocycles. The summed E-state index contributed by atoms with van der Waals surface area (Å²) in [5, 5.41) is 4.35. The van der Waals surface area contributed by atoms with Gasteiger partial charge >= 0.3 is 5.97 Å². The fourth-order valence-electron chi connectivity index (χ4n) is 2.13. The lowest BCUT2D eigenvalue weighted by molar-refractivity contribution is 0.0734. The first kappa shape index (κ1) is 18.3. The molecule has 0 aliphatic carbocycles. The maximum atomic E-state index is 12.1. The number of hydrazone groups is 1. The Balaban J connectivity index is 1.57. The van der Waals surface area contributed by atoms with E-state index >= 15 is 0 Å². The number of nitrogens with zero attached hydrogens (tertiary/aromatic N) is 2. The smallest absolute Gasteiger partial charge is 0.343 e. The summed E-state index contributed by atoms with van der Waals surface area (Å²) in [7, 11) is 0. The van der Waals surface area contributed by atoms with Crippen molar-refractivity contribution in [3.63, 3.8) is 0 Å². The van der Waals surface area contributed by atoms with Crippen LogP contribution in [0.3, 0.4) is 0 Å². The van der Waals surface area contributed by atoms with Gasteiger partial charge in [0.05, 0.1) is 17.3 Å². The van der Waals surface area contributed by atoms with Gasteiger partial charge in [-0.2, -0.15) is 5.10 Å². The summed E-state index contributed by atoms with van der Waals surface area (Å²) >= 11 is 5.87. The highest BCUT2D eigenvalue weighted by Gasteiger charge is 2.08. The second-order valence-electron chi connectivity index (χ2n) is 5.41. The maximum absolute atomic E-state index is 12.1. The molecule has 27 heavy (non-hydrogen) atoms. The molecule has 1 N–H and O–H groups in total. The first-order valence-corrected chi connectivity index (χ1v) is 8.31. The Hall–Kier alpha value is -3.51. The minimum atomic E-state index is -0.498. The Morgan fingerprint density at radius 1 is 1.04 bits per heavy atom. The minimum absolute atomic E-state index is 0.355. The van der Waals surface area contributed by atoms with Gasteiger partial charge in [0, 0.05) is 17.4 Å². The number of hydrogen-bond donors (Lipinski definition) is 1. The number of carbonyl (C=O) groups excluding carboxylic acids is 2. The molecule has 1 aromatic heterocycles. The van der Waals surface area contributed by atoms with Gasteiger partial charge in [-0.3, -0.25) is 9.78 Å². The van der Waals surface area contributed by atoms with Gasteiger partial charge in [-0.25, -0.2) is 10.2 Å². The van der Waals surface area contributed by atoms with Crippen molar-refractivity contribution in [1.82, 2.24) is 10.4 Å². The molecule has 0 saturated heterocycles. The number of halogens is 1. The molecular weight excluding hydrogens is 366 g/mol. The Bertz CT molecular complexity index is 973. The molecule has 0 saturated carbocycles. The van der Waals surface area contributed by atoms with Crippen LogP contribution in [0.4, 0.5) is 0 Å². The van der Waals surface area contributed by atoms with Crippen LogP contribution in [0.5, 0.6) is 5.75 Å². The third-order valence-corrected chi connectivity index (χ3v) is 3.69. The molecule has 0 unspecified atom stereocenters. The number of carbonyl (C=O) groups is 2. The highest BCUT2D eigenvalue weighted by Crippen LogP contribution is 2.16. The number of benzene rings is 2. The molecule has 1 amide bonds. The summed E-state index contributed by atoms with van der Waals surface area (Å²) in [4.78, 5) is 27.8. The summed E-state index contributed by atoms with van der Waals surface area (Å²) in [6.45, 7) is 0. The Morgan fingerprint density at radius 3 is 2.52 bits per heavy atom. The molecule has 7 heteroatoms. The third-order valence-electron chi connectivity index (χ3n) is 3.45. The van der Waals surface area contributed by atoms with Crippen LogP contribution in [-0.4, -0.2) is 23.1 Å². The van der Waals surface area contributed by atoms with Gasteiger partial charge in [-0.05, 0) is 60.2 Å². The molecule has 0 radical (unpaired) electrons. The predicted octanol–water partition coefficient (Wildman–Crippen LogP) is 3.72. The number of ether oxygens (including phenoxy) is 1. The Labute approximate surface area is 160 Å². The molecule has 3 rings (SSSR count). The van der Waals surface area contributed by atoms with Gasteiger partial charge in [-0.15, -0.1) is 0 Å². The van der Waals surface area contributed by atoms with Crippen molar-refractivity contribution in [3.05, 3.63) is 94.8 Å². The molecule has 0 aliphatic heterocycles. The number of hydrogen-bond acceptors (Lipinski definition) is 5. The van der Waals surface area contributed by atoms with Crippen molar-refractivity contribution >= 4 is 29.7 Å². The van der Waals surface area contributed by atoms with Crippen molar-refractivity contribution in [2.24, 2.45) is 5.10 Å². The number of pyridine rings is 1. The SMILES string of the molecule is O=C(N/N=C\c1ccc(OC(=O)c2cccc(Cl)c2)cc1)c1cccnc1. The summed E-state index contributed by atoms with van der Waals surface area (Å²) in [6, 6.07) is 16.5. The molecule has 6 nitrogen and oxygen atoms in total. The third kappa shape index (κ3) is 5.23. The summed E-state index contributed by atoms with van der Waals surface area (Å²) in [6.07, 6.45) is 4.52. The molecular formula is C20H14ClN3O3. The van der Waals surface area contributed by atoms with Crippen LogP contribution in [0, 0.1) is 0 Å². The van der Waals surface area contributed by atoms with E-state index in [1.165, 1.54) is 18.5 Å². The first-order valence-electron chi connectivity index (χ1n) is 7.93. The second-order valence-corrected chi connectivity index (χ2v) is 5.85. The van der Waals surface area contributed by atoms with E-state index in [0.717, 1.165) is 5.56 Å². The standard InChI is InChI=1S/C20H14ClN3O3/c21-17-5-1-3-15(11-17)20(26)27-18-8-6-14(7-9-18)12-23-24-19(25)16-4-2-10-22-13-16/h1-13H,(H,24,25)/b23-12-. The summed E-state index contributed by atoms with van der Waals surface area (Å²) in [5.74, 6) is -0.467. The quantitative estimate of drug-likeness (QED) is 0.317. The van der Waals surface area contributed by atoms with Gasteiger partial charge in [0.25, 0.3) is 5.91 Å². The first-order chi connectivity index (χ1) is 13.1. The lowest BCUT2D eigenvalue weighted by Gasteiger charge is -2.05. The highest BCUT2D eigenvalue weighted by molar-refractivity contribution is 6.30. The normalized spacial score (nSPS) is 10.6. The van der Waals surface area contributed by atoms with Crippen LogP contribution < -0.4 is 10.2 Å². The topological polar surface area (TPSA) is 80.6 Å². The second kappa shape index (κ2) is 8.73. The van der Waals surface area contributed by atoms with Gasteiger partial charge in [-0.1, -0.05) is 17.7 Å². The van der Waals surface area contributed by atoms with Crippen LogP contribution in [0.25, 0.3) is 0 Å². The van der Waals surface area contributed by atoms with Crippen LogP contribution in [0.1, 0.15) is 26.3 Å². The van der Waals surface area contributed by atoms with Crippen LogP contribution >= 0.6 is 11.6 Å². The van der Waals surface area contributed by atoms with E-state index in [2.05, 4.69) is 15.5 Å². The van der Waals surface area contributed by atoms with E-state index in [9.17, 15) is 9.59 Å². The van der Waals surface area contributed by atoms with E-state index in [0.29, 0.717) is 21.9 Å². The van der Waals surface area contributed by atoms with E-state index < -0.39 is 5.97 Å². The molecule has 2 aromatic carbocycles. The summed E-state index contributed by atoms with van der Waals surface area (Å²) < 4.78 is 5.29. The average Bonchev–Trinajstić information content (AvgIpc) is 2.70. The zero-order valence-corrected chi connectivity index (χ0v) is 14.8. The molecule has 0 aliphatic rings. The van der Waals surface area contributed by atoms with Gasteiger partial charge in [0.2, 0.25) is 0 Å². The molecule has 134 valence electrons. The summed E-state index contributed by atoms with van der Waals surface area (Å²) in [5.41, 5.74) is 3.92. The predicted molar refractivity (Wildman–Crippen MR) is 102 cm³/mol. The number of rotatable bonds is 5. The fourth-order valence-corrected chi connectivity index (χ4v) is 2.32. The van der Waals surface area contributed by atoms with E-state index in [1.54, 1.807) is 60.8 Å². The number of amides is 1. The van der Waals surface area contributed by atoms with Gasteiger partial charge < -0.3 is 4.74 Å². The average molecular weight is 380 g/mol. The lowest BCUT2D eigenvalue weighted by atomic mass is 10.2. The minimum Gasteiger partial charge on any atom is -0.423 e. The van der Waals surface area contributed by atoms with Crippen LogP contribution in [0.15, 0.2) is 78.2 Å². The lowest BCUT2D eigenvalue weighted by Crippen LogP contribution is -2.17. The van der Waals surface area contributed by atoms with E-state index in [4.69, 9.17) is 16.3 Å². The largest absolute Gasteiger partial charge is 0.423 e. The van der Waals surface area contributed by atoms with Crippen LogP contribution in [0.2, 0.25) is 5.02 Å². The Kier molecular flexibility index (Phi) is 5.91. The van der Waals surface area contributed by atoms with E-state index in [1.807, 2.05) is 0 Å². The maximum Gasteiger partial charge on any atom is 0.343 e. The van der Waals surface area contributed by atoms with Crippen LogP contribution in [-0.2, 0) is 0 Å². The molecule has 0 bridgehead atoms. The van der Waals surface area contributed by atoms with Crippen molar-refractivity contribution in [3.8, 4) is 5.75 Å². The Morgan fingerprint density at radius 2 is 1.81 bits per heavy atom. The number of nitrogens with one attached hydrogen (secondary N) is 1. The fraction of sp³-hybridized carbons (Fsp3) is 0. The van der Waals surface area contributed by atoms with Crippen molar-refractivity contribution in [1.29, 1.82) is 0 Å². The van der Waals surface area contributed by atoms with Crippen molar-refractivity contribution in [2.45, 2.75) is 0 Å². The molecule has 3 aromatic rings. The molecule has 0 atom stereocenters. The van der Waals surface area contributed by atoms with Crippen molar-refractivity contribution < 1.29 is 14.3 Å². The monoisotopic (exact) mass is 379 g/mol. The van der Waals surface area contributed by atoms with Crippen molar-refractivity contribution in [2.75, 3.05) is 0 Å². The molecule has 0 fully saturated rings. The zero-order chi connectivity index (χ0) is 19.1. The van der Waals surface area contributed by atoms with Gasteiger partial charge in [0.1, 0.15) is 5.75 Å². The molecule has 0 spiro atoms. The van der Waals surface area contributed by atoms with Gasteiger partial charge in [0.15, 0.2) is 0 Å². The van der Waals surface area contributed by atoms with E-state index in [-0.39, 0.29) is 5.91 Å². The number of aromatic nitrogens is 1. The zero-order valence-electron chi connectivity index (χ0n) is 14.0. The number of esters is 1. The highest BCUT2D eigenvalue weighted by atomic mass is 35.5.